The van der Waals surface area contributed by atoms with Gasteiger partial charge in [-0.05, 0) is 18.1 Å². The van der Waals surface area contributed by atoms with E-state index in [4.69, 9.17) is 27.9 Å². The Morgan fingerprint density at radius 3 is 2.41 bits per heavy atom. The van der Waals surface area contributed by atoms with Crippen molar-refractivity contribution in [1.82, 2.24) is 4.72 Å². The minimum Gasteiger partial charge on any atom is -0.495 e. The number of carbonyl (C=O) groups is 1. The molecule has 0 amide bonds. The Labute approximate surface area is 139 Å². The molecule has 0 aliphatic heterocycles. The second-order valence-electron chi connectivity index (χ2n) is 4.72. The van der Waals surface area contributed by atoms with Gasteiger partial charge in [0.25, 0.3) is 0 Å². The Morgan fingerprint density at radius 1 is 1.36 bits per heavy atom. The van der Waals surface area contributed by atoms with Crippen molar-refractivity contribution in [3.8, 4) is 5.75 Å². The van der Waals surface area contributed by atoms with E-state index in [1.807, 2.05) is 0 Å². The van der Waals surface area contributed by atoms with Gasteiger partial charge >= 0.3 is 5.97 Å². The number of carboxylic acid groups (broad SMARTS) is 1. The molecular formula is C13H17Cl2NO5S. The van der Waals surface area contributed by atoms with Crippen LogP contribution in [0.2, 0.25) is 10.0 Å². The number of rotatable bonds is 7. The molecule has 6 nitrogen and oxygen atoms in total. The van der Waals surface area contributed by atoms with Gasteiger partial charge in [0.15, 0.2) is 0 Å². The lowest BCUT2D eigenvalue weighted by molar-refractivity contribution is -0.140. The van der Waals surface area contributed by atoms with Crippen molar-refractivity contribution in [3.05, 3.63) is 22.2 Å². The molecule has 1 rings (SSSR count). The first-order valence-corrected chi connectivity index (χ1v) is 8.66. The van der Waals surface area contributed by atoms with Crippen molar-refractivity contribution < 1.29 is 23.1 Å². The summed E-state index contributed by atoms with van der Waals surface area (Å²) < 4.78 is 31.9. The Balaban J connectivity index is 3.25. The van der Waals surface area contributed by atoms with Crippen molar-refractivity contribution in [3.63, 3.8) is 0 Å². The maximum absolute atomic E-state index is 12.4. The summed E-state index contributed by atoms with van der Waals surface area (Å²) in [4.78, 5) is 11.0. The lowest BCUT2D eigenvalue weighted by Gasteiger charge is -2.20. The van der Waals surface area contributed by atoms with Crippen molar-refractivity contribution in [2.75, 3.05) is 7.11 Å². The summed E-state index contributed by atoms with van der Waals surface area (Å²) in [7, 11) is -2.77. The highest BCUT2D eigenvalue weighted by Gasteiger charge is 2.31. The number of carboxylic acids is 1. The monoisotopic (exact) mass is 369 g/mol. The van der Waals surface area contributed by atoms with E-state index in [2.05, 4.69) is 4.72 Å². The fourth-order valence-electron chi connectivity index (χ4n) is 1.76. The first kappa shape index (κ1) is 19.0. The molecule has 0 radical (unpaired) electrons. The molecule has 0 heterocycles. The molecule has 1 aromatic carbocycles. The summed E-state index contributed by atoms with van der Waals surface area (Å²) in [5, 5.41) is 8.91. The molecule has 0 aliphatic carbocycles. The van der Waals surface area contributed by atoms with Gasteiger partial charge in [-0.3, -0.25) is 4.79 Å². The molecule has 0 saturated carbocycles. The third-order valence-corrected chi connectivity index (χ3v) is 5.74. The van der Waals surface area contributed by atoms with Gasteiger partial charge in [-0.25, -0.2) is 8.42 Å². The number of nitrogens with one attached hydrogen (secondary N) is 1. The zero-order valence-electron chi connectivity index (χ0n) is 12.3. The number of sulfonamides is 1. The zero-order chi connectivity index (χ0) is 17.1. The van der Waals surface area contributed by atoms with Crippen molar-refractivity contribution in [2.45, 2.75) is 31.2 Å². The maximum Gasteiger partial charge on any atom is 0.322 e. The van der Waals surface area contributed by atoms with E-state index in [-0.39, 0.29) is 26.6 Å². The molecule has 2 atom stereocenters. The first-order valence-electron chi connectivity index (χ1n) is 6.42. The lowest BCUT2D eigenvalue weighted by atomic mass is 10.0. The van der Waals surface area contributed by atoms with E-state index in [0.29, 0.717) is 6.42 Å². The second kappa shape index (κ2) is 7.50. The minimum atomic E-state index is -4.14. The van der Waals surface area contributed by atoms with Crippen molar-refractivity contribution in [2.24, 2.45) is 5.92 Å². The summed E-state index contributed by atoms with van der Waals surface area (Å²) >= 11 is 11.9. The maximum atomic E-state index is 12.4. The van der Waals surface area contributed by atoms with Crippen LogP contribution in [0.4, 0.5) is 0 Å². The van der Waals surface area contributed by atoms with Gasteiger partial charge in [0.1, 0.15) is 21.7 Å². The van der Waals surface area contributed by atoms with Crippen LogP contribution in [0.5, 0.6) is 5.75 Å². The fourth-order valence-corrected chi connectivity index (χ4v) is 3.89. The van der Waals surface area contributed by atoms with Crippen LogP contribution in [-0.4, -0.2) is 32.6 Å². The van der Waals surface area contributed by atoms with Crippen LogP contribution in [0.3, 0.4) is 0 Å². The molecule has 9 heteroatoms. The molecule has 0 bridgehead atoms. The predicted molar refractivity (Wildman–Crippen MR) is 84.2 cm³/mol. The summed E-state index contributed by atoms with van der Waals surface area (Å²) in [6.07, 6.45) is 0.497. The SMILES string of the molecule is CC[C@H](C)[C@H](NS(=O)(=O)c1ccc(OC)c(Cl)c1Cl)C(=O)O. The van der Waals surface area contributed by atoms with Crippen LogP contribution in [0.25, 0.3) is 0 Å². The predicted octanol–water partition coefficient (Wildman–Crippen LogP) is 2.78. The molecule has 0 saturated heterocycles. The third kappa shape index (κ3) is 4.04. The Hall–Kier alpha value is -1.02. The van der Waals surface area contributed by atoms with Crippen LogP contribution in [0, 0.1) is 5.92 Å². The van der Waals surface area contributed by atoms with E-state index >= 15 is 0 Å². The number of ether oxygens (including phenoxy) is 1. The first-order chi connectivity index (χ1) is 10.2. The summed E-state index contributed by atoms with van der Waals surface area (Å²) in [6.45, 7) is 3.41. The highest BCUT2D eigenvalue weighted by molar-refractivity contribution is 7.89. The van der Waals surface area contributed by atoms with E-state index in [1.165, 1.54) is 19.2 Å². The van der Waals surface area contributed by atoms with Crippen LogP contribution in [0.15, 0.2) is 17.0 Å². The van der Waals surface area contributed by atoms with Gasteiger partial charge in [-0.1, -0.05) is 43.5 Å². The largest absolute Gasteiger partial charge is 0.495 e. The number of aliphatic carboxylic acids is 1. The number of hydrogen-bond donors (Lipinski definition) is 2. The summed E-state index contributed by atoms with van der Waals surface area (Å²) in [5.41, 5.74) is 0. The molecule has 0 aliphatic rings. The standard InChI is InChI=1S/C13H17Cl2NO5S/c1-4-7(2)12(13(17)18)16-22(19,20)9-6-5-8(21-3)10(14)11(9)15/h5-7,12,16H,4H2,1-3H3,(H,17,18)/t7-,12-/m0/s1. The molecule has 0 aromatic heterocycles. The molecule has 0 unspecified atom stereocenters. The van der Waals surface area contributed by atoms with Crippen LogP contribution >= 0.6 is 23.2 Å². The van der Waals surface area contributed by atoms with Gasteiger partial charge in [-0.2, -0.15) is 4.72 Å². The van der Waals surface area contributed by atoms with Gasteiger partial charge in [0, 0.05) is 0 Å². The second-order valence-corrected chi connectivity index (χ2v) is 7.15. The molecule has 1 aromatic rings. The molecule has 2 N–H and O–H groups in total. The number of hydrogen-bond acceptors (Lipinski definition) is 4. The number of methoxy groups -OCH3 is 1. The average molecular weight is 370 g/mol. The van der Waals surface area contributed by atoms with Gasteiger partial charge in [0.05, 0.1) is 12.1 Å². The number of benzene rings is 1. The van der Waals surface area contributed by atoms with Crippen molar-refractivity contribution in [1.29, 1.82) is 0 Å². The van der Waals surface area contributed by atoms with E-state index in [0.717, 1.165) is 0 Å². The quantitative estimate of drug-likeness (QED) is 0.770. The molecule has 0 fully saturated rings. The van der Waals surface area contributed by atoms with Crippen LogP contribution in [-0.2, 0) is 14.8 Å². The molecule has 22 heavy (non-hydrogen) atoms. The van der Waals surface area contributed by atoms with Gasteiger partial charge < -0.3 is 9.84 Å². The van der Waals surface area contributed by atoms with Crippen molar-refractivity contribution >= 4 is 39.2 Å². The average Bonchev–Trinajstić information content (AvgIpc) is 2.46. The summed E-state index contributed by atoms with van der Waals surface area (Å²) in [6, 6.07) is 1.30. The molecule has 124 valence electrons. The zero-order valence-corrected chi connectivity index (χ0v) is 14.6. The Morgan fingerprint density at radius 2 is 1.95 bits per heavy atom. The smallest absolute Gasteiger partial charge is 0.322 e. The highest BCUT2D eigenvalue weighted by Crippen LogP contribution is 2.36. The van der Waals surface area contributed by atoms with Crippen LogP contribution in [0.1, 0.15) is 20.3 Å². The molecular weight excluding hydrogens is 353 g/mol. The third-order valence-electron chi connectivity index (χ3n) is 3.28. The highest BCUT2D eigenvalue weighted by atomic mass is 35.5. The number of halogens is 2. The van der Waals surface area contributed by atoms with Gasteiger partial charge in [0.2, 0.25) is 10.0 Å². The fraction of sp³-hybridized carbons (Fsp3) is 0.462. The topological polar surface area (TPSA) is 92.7 Å². The lowest BCUT2D eigenvalue weighted by Crippen LogP contribution is -2.44. The minimum absolute atomic E-state index is 0.0533. The normalized spacial score (nSPS) is 14.4. The van der Waals surface area contributed by atoms with E-state index in [1.54, 1.807) is 13.8 Å². The Bertz CT molecular complexity index is 663. The summed E-state index contributed by atoms with van der Waals surface area (Å²) in [5.74, 6) is -1.42. The Kier molecular flexibility index (Phi) is 6.49. The molecule has 0 spiro atoms. The van der Waals surface area contributed by atoms with E-state index in [9.17, 15) is 18.3 Å². The van der Waals surface area contributed by atoms with Crippen LogP contribution < -0.4 is 9.46 Å². The van der Waals surface area contributed by atoms with E-state index < -0.39 is 22.0 Å². The van der Waals surface area contributed by atoms with Gasteiger partial charge in [-0.15, -0.1) is 0 Å².